The first-order valence-corrected chi connectivity index (χ1v) is 7.53. The second-order valence-electron chi connectivity index (χ2n) is 5.86. The van der Waals surface area contributed by atoms with E-state index in [1.807, 2.05) is 19.0 Å². The largest absolute Gasteiger partial charge is 0.379 e. The van der Waals surface area contributed by atoms with Crippen LogP contribution in [0.4, 0.5) is 5.69 Å². The van der Waals surface area contributed by atoms with Crippen molar-refractivity contribution >= 4 is 17.3 Å². The van der Waals surface area contributed by atoms with Gasteiger partial charge in [-0.3, -0.25) is 4.79 Å². The zero-order chi connectivity index (χ0) is 14.7. The molecule has 112 valence electrons. The van der Waals surface area contributed by atoms with E-state index in [2.05, 4.69) is 17.3 Å². The minimum absolute atomic E-state index is 0.218. The highest BCUT2D eigenvalue weighted by Gasteiger charge is 2.24. The van der Waals surface area contributed by atoms with Crippen LogP contribution in [0, 0.1) is 5.92 Å². The summed E-state index contributed by atoms with van der Waals surface area (Å²) in [5.74, 6) is 0.613. The molecular formula is C14H23ClN4O. The number of aromatic nitrogens is 2. The third-order valence-corrected chi connectivity index (χ3v) is 4.31. The SMILES string of the molecule is CC1CCCC1Nc1cnn(CCN(C)C)c(=O)c1Cl. The van der Waals surface area contributed by atoms with Crippen molar-refractivity contribution in [2.45, 2.75) is 38.8 Å². The molecule has 0 aliphatic heterocycles. The molecule has 1 N–H and O–H groups in total. The summed E-state index contributed by atoms with van der Waals surface area (Å²) in [5.41, 5.74) is 0.445. The Labute approximate surface area is 124 Å². The van der Waals surface area contributed by atoms with Gasteiger partial charge in [0.25, 0.3) is 5.56 Å². The van der Waals surface area contributed by atoms with Gasteiger partial charge in [0.05, 0.1) is 18.4 Å². The molecule has 0 spiro atoms. The highest BCUT2D eigenvalue weighted by atomic mass is 35.5. The predicted molar refractivity (Wildman–Crippen MR) is 82.5 cm³/mol. The van der Waals surface area contributed by atoms with Gasteiger partial charge in [0.1, 0.15) is 5.02 Å². The summed E-state index contributed by atoms with van der Waals surface area (Å²) in [6.45, 7) is 3.53. The molecule has 1 heterocycles. The van der Waals surface area contributed by atoms with Gasteiger partial charge in [0, 0.05) is 12.6 Å². The number of anilines is 1. The number of hydrogen-bond donors (Lipinski definition) is 1. The molecule has 1 aromatic rings. The fraction of sp³-hybridized carbons (Fsp3) is 0.714. The van der Waals surface area contributed by atoms with Crippen molar-refractivity contribution in [3.8, 4) is 0 Å². The van der Waals surface area contributed by atoms with Gasteiger partial charge in [0.2, 0.25) is 0 Å². The number of nitrogens with one attached hydrogen (secondary N) is 1. The standard InChI is InChI=1S/C14H23ClN4O/c1-10-5-4-6-11(10)17-12-9-16-19(8-7-18(2)3)14(20)13(12)15/h9-11,17H,4-8H2,1-3H3. The van der Waals surface area contributed by atoms with Crippen molar-refractivity contribution in [1.29, 1.82) is 0 Å². The molecule has 1 saturated carbocycles. The maximum Gasteiger partial charge on any atom is 0.287 e. The van der Waals surface area contributed by atoms with Crippen LogP contribution in [0.5, 0.6) is 0 Å². The maximum atomic E-state index is 12.2. The summed E-state index contributed by atoms with van der Waals surface area (Å²) in [7, 11) is 3.92. The zero-order valence-electron chi connectivity index (χ0n) is 12.4. The Kier molecular flexibility index (Phi) is 5.05. The average Bonchev–Trinajstić information content (AvgIpc) is 2.79. The highest BCUT2D eigenvalue weighted by molar-refractivity contribution is 6.32. The monoisotopic (exact) mass is 298 g/mol. The second kappa shape index (κ2) is 6.59. The van der Waals surface area contributed by atoms with E-state index in [0.29, 0.717) is 24.2 Å². The van der Waals surface area contributed by atoms with Crippen LogP contribution in [0.15, 0.2) is 11.0 Å². The third kappa shape index (κ3) is 3.52. The molecule has 0 amide bonds. The van der Waals surface area contributed by atoms with Gasteiger partial charge >= 0.3 is 0 Å². The van der Waals surface area contributed by atoms with Crippen LogP contribution in [0.3, 0.4) is 0 Å². The van der Waals surface area contributed by atoms with Gasteiger partial charge in [0.15, 0.2) is 0 Å². The van der Waals surface area contributed by atoms with Crippen LogP contribution >= 0.6 is 11.6 Å². The molecule has 2 rings (SSSR count). The molecule has 6 heteroatoms. The molecule has 0 aromatic carbocycles. The summed E-state index contributed by atoms with van der Waals surface area (Å²) in [6, 6.07) is 0.395. The topological polar surface area (TPSA) is 50.2 Å². The third-order valence-electron chi connectivity index (χ3n) is 3.95. The number of hydrogen-bond acceptors (Lipinski definition) is 4. The molecule has 1 aliphatic carbocycles. The lowest BCUT2D eigenvalue weighted by Gasteiger charge is -2.19. The summed E-state index contributed by atoms with van der Waals surface area (Å²) in [5, 5.41) is 7.83. The van der Waals surface area contributed by atoms with E-state index in [1.54, 1.807) is 6.20 Å². The van der Waals surface area contributed by atoms with E-state index in [9.17, 15) is 4.79 Å². The Morgan fingerprint density at radius 3 is 2.85 bits per heavy atom. The van der Waals surface area contributed by atoms with Gasteiger partial charge in [-0.1, -0.05) is 24.9 Å². The predicted octanol–water partition coefficient (Wildman–Crippen LogP) is 2.06. The molecule has 0 saturated heterocycles. The highest BCUT2D eigenvalue weighted by Crippen LogP contribution is 2.29. The molecule has 2 atom stereocenters. The summed E-state index contributed by atoms with van der Waals surface area (Å²) in [4.78, 5) is 14.2. The van der Waals surface area contributed by atoms with Crippen LogP contribution in [-0.2, 0) is 6.54 Å². The summed E-state index contributed by atoms with van der Waals surface area (Å²) in [6.07, 6.45) is 5.25. The summed E-state index contributed by atoms with van der Waals surface area (Å²) < 4.78 is 1.42. The number of likely N-dealkylation sites (N-methyl/N-ethyl adjacent to an activating group) is 1. The van der Waals surface area contributed by atoms with Gasteiger partial charge in [-0.05, 0) is 32.9 Å². The Balaban J connectivity index is 2.12. The van der Waals surface area contributed by atoms with Crippen LogP contribution in [0.25, 0.3) is 0 Å². The minimum atomic E-state index is -0.218. The summed E-state index contributed by atoms with van der Waals surface area (Å²) >= 11 is 6.19. The first-order chi connectivity index (χ1) is 9.49. The van der Waals surface area contributed by atoms with E-state index in [1.165, 1.54) is 17.5 Å². The van der Waals surface area contributed by atoms with Crippen molar-refractivity contribution < 1.29 is 0 Å². The van der Waals surface area contributed by atoms with Crippen molar-refractivity contribution in [2.24, 2.45) is 5.92 Å². The van der Waals surface area contributed by atoms with Gasteiger partial charge in [-0.2, -0.15) is 5.10 Å². The van der Waals surface area contributed by atoms with Crippen molar-refractivity contribution in [3.63, 3.8) is 0 Å². The minimum Gasteiger partial charge on any atom is -0.379 e. The van der Waals surface area contributed by atoms with E-state index in [0.717, 1.165) is 13.0 Å². The van der Waals surface area contributed by atoms with Crippen LogP contribution in [0.2, 0.25) is 5.02 Å². The molecule has 0 bridgehead atoms. The molecule has 0 radical (unpaired) electrons. The molecule has 1 aromatic heterocycles. The average molecular weight is 299 g/mol. The molecule has 1 fully saturated rings. The van der Waals surface area contributed by atoms with Crippen molar-refractivity contribution in [3.05, 3.63) is 21.6 Å². The zero-order valence-corrected chi connectivity index (χ0v) is 13.2. The quantitative estimate of drug-likeness (QED) is 0.904. The van der Waals surface area contributed by atoms with E-state index >= 15 is 0 Å². The fourth-order valence-electron chi connectivity index (χ4n) is 2.58. The lowest BCUT2D eigenvalue weighted by molar-refractivity contribution is 0.367. The van der Waals surface area contributed by atoms with Crippen molar-refractivity contribution in [1.82, 2.24) is 14.7 Å². The number of nitrogens with zero attached hydrogens (tertiary/aromatic N) is 3. The Bertz CT molecular complexity index is 514. The molecule has 5 nitrogen and oxygen atoms in total. The Hall–Kier alpha value is -1.07. The lowest BCUT2D eigenvalue weighted by atomic mass is 10.1. The fourth-order valence-corrected chi connectivity index (χ4v) is 2.78. The van der Waals surface area contributed by atoms with Gasteiger partial charge < -0.3 is 10.2 Å². The van der Waals surface area contributed by atoms with Crippen LogP contribution in [0.1, 0.15) is 26.2 Å². The van der Waals surface area contributed by atoms with E-state index in [4.69, 9.17) is 11.6 Å². The molecule has 2 unspecified atom stereocenters. The molecule has 20 heavy (non-hydrogen) atoms. The second-order valence-corrected chi connectivity index (χ2v) is 6.24. The first-order valence-electron chi connectivity index (χ1n) is 7.16. The smallest absolute Gasteiger partial charge is 0.287 e. The first kappa shape index (κ1) is 15.3. The van der Waals surface area contributed by atoms with E-state index in [-0.39, 0.29) is 10.6 Å². The normalized spacial score (nSPS) is 22.4. The molecular weight excluding hydrogens is 276 g/mol. The van der Waals surface area contributed by atoms with Crippen LogP contribution < -0.4 is 10.9 Å². The number of rotatable bonds is 5. The lowest BCUT2D eigenvalue weighted by Crippen LogP contribution is -2.30. The van der Waals surface area contributed by atoms with Gasteiger partial charge in [-0.25, -0.2) is 4.68 Å². The van der Waals surface area contributed by atoms with E-state index < -0.39 is 0 Å². The number of halogens is 1. The van der Waals surface area contributed by atoms with Crippen LogP contribution in [-0.4, -0.2) is 41.4 Å². The maximum absolute atomic E-state index is 12.2. The Morgan fingerprint density at radius 1 is 1.50 bits per heavy atom. The Morgan fingerprint density at radius 2 is 2.25 bits per heavy atom. The van der Waals surface area contributed by atoms with Gasteiger partial charge in [-0.15, -0.1) is 0 Å². The van der Waals surface area contributed by atoms with Crippen molar-refractivity contribution in [2.75, 3.05) is 26.0 Å². The molecule has 1 aliphatic rings.